The van der Waals surface area contributed by atoms with Crippen LogP contribution < -0.4 is 0 Å². The quantitative estimate of drug-likeness (QED) is 0.488. The Morgan fingerprint density at radius 1 is 1.31 bits per heavy atom. The zero-order valence-corrected chi connectivity index (χ0v) is 21.6. The first kappa shape index (κ1) is 13.4. The van der Waals surface area contributed by atoms with Gasteiger partial charge in [0.25, 0.3) is 0 Å². The molecule has 6 aliphatic rings. The van der Waals surface area contributed by atoms with Crippen LogP contribution in [-0.4, -0.2) is 53.3 Å². The maximum atomic E-state index is 14.8. The summed E-state index contributed by atoms with van der Waals surface area (Å²) in [6, 6.07) is 0. The van der Waals surface area contributed by atoms with Crippen LogP contribution in [0.5, 0.6) is 0 Å². The molecule has 0 radical (unpaired) electrons. The summed E-state index contributed by atoms with van der Waals surface area (Å²) in [5.41, 5.74) is -5.34. The van der Waals surface area contributed by atoms with Crippen molar-refractivity contribution in [2.75, 3.05) is 6.61 Å². The van der Waals surface area contributed by atoms with Gasteiger partial charge in [0.15, 0.2) is 24.3 Å². The predicted octanol–water partition coefficient (Wildman–Crippen LogP) is 4.70. The van der Waals surface area contributed by atoms with Crippen molar-refractivity contribution in [1.82, 2.24) is 0 Å². The van der Waals surface area contributed by atoms with E-state index in [1.807, 2.05) is 0 Å². The highest BCUT2D eigenvalue weighted by molar-refractivity contribution is 6.01. The van der Waals surface area contributed by atoms with Gasteiger partial charge in [-0.2, -0.15) is 0 Å². The summed E-state index contributed by atoms with van der Waals surface area (Å²) >= 11 is 0. The van der Waals surface area contributed by atoms with Crippen LogP contribution in [0.4, 0.5) is 0 Å². The molecule has 0 aromatic carbocycles. The first-order valence-electron chi connectivity index (χ1n) is 22.1. The maximum absolute atomic E-state index is 14.8. The molecule has 1 unspecified atom stereocenters. The molecule has 5 aliphatic carbocycles. The molecule has 5 fully saturated rings. The third-order valence-corrected chi connectivity index (χ3v) is 9.77. The highest BCUT2D eigenvalue weighted by Crippen LogP contribution is 2.70. The van der Waals surface area contributed by atoms with E-state index in [-0.39, 0.29) is 24.8 Å². The van der Waals surface area contributed by atoms with E-state index >= 15 is 0 Å². The number of fused-ring (bicyclic) bond motifs is 7. The molecule has 4 saturated carbocycles. The van der Waals surface area contributed by atoms with Crippen molar-refractivity contribution in [3.63, 3.8) is 0 Å². The number of ketones is 2. The summed E-state index contributed by atoms with van der Waals surface area (Å²) in [7, 11) is 0. The van der Waals surface area contributed by atoms with Crippen molar-refractivity contribution in [3.05, 3.63) is 23.8 Å². The number of carbonyl (C=O) groups is 3. The van der Waals surface area contributed by atoms with Crippen LogP contribution in [0.1, 0.15) is 110 Å². The molecule has 0 amide bonds. The summed E-state index contributed by atoms with van der Waals surface area (Å²) in [5, 5.41) is 12.1. The Morgan fingerprint density at radius 3 is 2.92 bits per heavy atom. The van der Waals surface area contributed by atoms with Crippen LogP contribution in [-0.2, 0) is 28.6 Å². The van der Waals surface area contributed by atoms with Gasteiger partial charge in [0.1, 0.15) is 0 Å². The minimum atomic E-state index is -3.88. The fourth-order valence-electron chi connectivity index (χ4n) is 8.13. The molecule has 1 aliphatic heterocycles. The molecule has 0 aromatic rings. The summed E-state index contributed by atoms with van der Waals surface area (Å²) in [6.45, 7) is -5.95. The van der Waals surface area contributed by atoms with E-state index in [9.17, 15) is 20.9 Å². The summed E-state index contributed by atoms with van der Waals surface area (Å²) < 4.78 is 167. The van der Waals surface area contributed by atoms with Crippen LogP contribution in [0.2, 0.25) is 0 Å². The number of rotatable bonds is 5. The van der Waals surface area contributed by atoms with Gasteiger partial charge in [-0.15, -0.1) is 0 Å². The largest absolute Gasteiger partial charge is 0.457 e. The molecule has 1 heterocycles. The Morgan fingerprint density at radius 2 is 2.13 bits per heavy atom. The highest BCUT2D eigenvalue weighted by Gasteiger charge is 2.76. The third kappa shape index (κ3) is 3.97. The van der Waals surface area contributed by atoms with Gasteiger partial charge in [-0.05, 0) is 62.4 Å². The Kier molecular flexibility index (Phi) is 3.32. The van der Waals surface area contributed by atoms with Crippen LogP contribution in [0.3, 0.4) is 0 Å². The number of aliphatic hydroxyl groups excluding tert-OH is 1. The van der Waals surface area contributed by atoms with Crippen molar-refractivity contribution in [2.45, 2.75) is 109 Å². The van der Waals surface area contributed by atoms with Crippen molar-refractivity contribution >= 4 is 17.5 Å². The molecule has 0 spiro atoms. The second-order valence-electron chi connectivity index (χ2n) is 11.6. The van der Waals surface area contributed by atoms with Gasteiger partial charge in [-0.1, -0.05) is 58.3 Å². The zero-order valence-electron chi connectivity index (χ0n) is 39.6. The first-order chi connectivity index (χ1) is 25.4. The van der Waals surface area contributed by atoms with E-state index in [4.69, 9.17) is 37.5 Å². The Balaban J connectivity index is 1.47. The van der Waals surface area contributed by atoms with Gasteiger partial charge in [0.05, 0.1) is 18.1 Å². The minimum absolute atomic E-state index is 0.135. The van der Waals surface area contributed by atoms with Crippen LogP contribution in [0, 0.1) is 40.4 Å². The molecule has 0 aromatic heterocycles. The van der Waals surface area contributed by atoms with Crippen LogP contribution in [0.15, 0.2) is 23.8 Å². The molecule has 1 N–H and O–H groups in total. The minimum Gasteiger partial charge on any atom is -0.457 e. The van der Waals surface area contributed by atoms with Crippen molar-refractivity contribution in [3.8, 4) is 0 Å². The van der Waals surface area contributed by atoms with Crippen LogP contribution in [0.25, 0.3) is 0 Å². The Hall–Kier alpha value is -1.83. The maximum Gasteiger partial charge on any atom is 0.308 e. The van der Waals surface area contributed by atoms with Gasteiger partial charge < -0.3 is 19.3 Å². The number of allylic oxidation sites excluding steroid dienone is 4. The first-order valence-corrected chi connectivity index (χ1v) is 13.1. The number of hydrogen-bond acceptors (Lipinski definition) is 7. The van der Waals surface area contributed by atoms with E-state index in [0.29, 0.717) is 0 Å². The number of Topliss-reactive ketones (excluding diaryl/α,β-unsaturated/α-hetero) is 1. The average Bonchev–Trinajstić information content (AvgIpc) is 3.55. The SMILES string of the molecule is [2H]C1([2H])C[C@@H]2[C@H]([C@@H](O)C[C@@]3(C)[C@H]2C[C@H]2O[C@@H](C4([2H])CC([2H])([2H])C([2H])([2H])C([2H])([2H])C4([2H])[2H])O[C@]23C(=O)COC(=O)C([2H])(C([2H])([2H])[2H])C([2H])([2H])[2H])[C@@]2(C)C=CC(=O)C=C12. The van der Waals surface area contributed by atoms with Gasteiger partial charge in [0, 0.05) is 47.3 Å². The van der Waals surface area contributed by atoms with Crippen molar-refractivity contribution in [1.29, 1.82) is 0 Å². The molecule has 10 atom stereocenters. The predicted molar refractivity (Wildman–Crippen MR) is 143 cm³/mol. The van der Waals surface area contributed by atoms with E-state index < -0.39 is 141 Å². The van der Waals surface area contributed by atoms with E-state index in [1.54, 1.807) is 6.92 Å². The fourth-order valence-corrected chi connectivity index (χ4v) is 8.13. The molecule has 214 valence electrons. The summed E-state index contributed by atoms with van der Waals surface area (Å²) in [6.07, 6.45) is -19.8. The molecule has 39 heavy (non-hydrogen) atoms. The normalized spacial score (nSPS) is 62.7. The third-order valence-electron chi connectivity index (χ3n) is 9.77. The molecule has 7 nitrogen and oxygen atoms in total. The van der Waals surface area contributed by atoms with Crippen LogP contribution >= 0.6 is 0 Å². The van der Waals surface area contributed by atoms with Crippen molar-refractivity contribution < 1.29 is 58.4 Å². The van der Waals surface area contributed by atoms with Crippen molar-refractivity contribution in [2.24, 2.45) is 40.4 Å². The number of aliphatic hydroxyl groups is 1. The Bertz CT molecular complexity index is 1810. The van der Waals surface area contributed by atoms with Gasteiger partial charge in [-0.3, -0.25) is 14.4 Å². The molecule has 1 saturated heterocycles. The lowest BCUT2D eigenvalue weighted by Gasteiger charge is -2.59. The summed E-state index contributed by atoms with van der Waals surface area (Å²) in [5.74, 6) is -13.3. The topological polar surface area (TPSA) is 99.1 Å². The molecular formula is C32H44O7. The lowest BCUT2D eigenvalue weighted by molar-refractivity contribution is -0.210. The number of ether oxygens (including phenoxy) is 3. The second-order valence-corrected chi connectivity index (χ2v) is 11.6. The summed E-state index contributed by atoms with van der Waals surface area (Å²) in [4.78, 5) is 40.4. The smallest absolute Gasteiger partial charge is 0.308 e. The standard InChI is InChI=1S/C32H44O7/c1-18(2)28(36)37-17-25(35)32-26(38-29(39-32)19-8-6-5-7-9-19)15-23-22-11-10-20-14-21(33)12-13-30(20,3)27(22)24(34)16-31(23,32)4/h12-14,18-19,22-24,26-27,29,34H,5-11,15-17H2,1-4H3/t22-,23-,24-,26+,27+,29+,30-,31-,32+/m0/s1/i1D3,2D3,5D2,6D2,7D2,8D2,10D2,18D,19D/t19?,22-,23-,24-,26+,27+,29+,30-,31-,32+. The number of hydrogen-bond donors (Lipinski definition) is 1. The molecular weight excluding hydrogens is 496 g/mol. The average molecular weight is 559 g/mol. The lowest BCUT2D eigenvalue weighted by atomic mass is 9.46. The van der Waals surface area contributed by atoms with E-state index in [0.717, 1.165) is 0 Å². The number of esters is 1. The Labute approximate surface area is 257 Å². The van der Waals surface area contributed by atoms with Gasteiger partial charge in [-0.25, -0.2) is 0 Å². The van der Waals surface area contributed by atoms with E-state index in [2.05, 4.69) is 0 Å². The molecule has 6 rings (SSSR count). The van der Waals surface area contributed by atoms with Gasteiger partial charge in [0.2, 0.25) is 5.78 Å². The monoisotopic (exact) mass is 558 g/mol. The zero-order chi connectivity index (χ0) is 43.6. The molecule has 7 heteroatoms. The molecule has 0 bridgehead atoms. The lowest BCUT2D eigenvalue weighted by Crippen LogP contribution is -2.63. The second kappa shape index (κ2) is 9.63. The fraction of sp³-hybridized carbons (Fsp3) is 0.781. The number of carbonyl (C=O) groups excluding carboxylic acids is 3. The van der Waals surface area contributed by atoms with Gasteiger partial charge >= 0.3 is 5.97 Å². The van der Waals surface area contributed by atoms with E-state index in [1.165, 1.54) is 25.2 Å². The highest BCUT2D eigenvalue weighted by atomic mass is 16.7.